The van der Waals surface area contributed by atoms with Gasteiger partial charge in [0.25, 0.3) is 0 Å². The van der Waals surface area contributed by atoms with E-state index in [0.717, 1.165) is 12.1 Å². The van der Waals surface area contributed by atoms with Crippen LogP contribution in [0.1, 0.15) is 0 Å². The van der Waals surface area contributed by atoms with Crippen molar-refractivity contribution in [1.82, 2.24) is 0 Å². The van der Waals surface area contributed by atoms with E-state index in [1.807, 2.05) is 0 Å². The maximum Gasteiger partial charge on any atom is 0.524 e. The maximum atomic E-state index is 10.6. The van der Waals surface area contributed by atoms with E-state index in [4.69, 9.17) is 31.0 Å². The summed E-state index contributed by atoms with van der Waals surface area (Å²) in [4.78, 5) is 34.3. The number of phosphoric acid groups is 2. The van der Waals surface area contributed by atoms with Gasteiger partial charge in [-0.15, -0.1) is 0 Å². The van der Waals surface area contributed by atoms with E-state index in [1.54, 1.807) is 0 Å². The number of hydrogen-bond acceptors (Lipinski definition) is 6. The molecule has 0 spiro atoms. The highest BCUT2D eigenvalue weighted by Crippen LogP contribution is 2.46. The Morgan fingerprint density at radius 1 is 0.833 bits per heavy atom. The number of anilines is 2. The van der Waals surface area contributed by atoms with Crippen molar-refractivity contribution in [3.8, 4) is 11.5 Å². The predicted molar refractivity (Wildman–Crippen MR) is 60.6 cm³/mol. The van der Waals surface area contributed by atoms with E-state index in [0.29, 0.717) is 0 Å². The smallest absolute Gasteiger partial charge is 0.402 e. The number of nitrogens with two attached hydrogens (primary N) is 2. The molecule has 0 atom stereocenters. The molecule has 0 aromatic heterocycles. The first-order chi connectivity index (χ1) is 7.98. The van der Waals surface area contributed by atoms with E-state index in [2.05, 4.69) is 9.05 Å². The van der Waals surface area contributed by atoms with E-state index >= 15 is 0 Å². The molecule has 0 saturated carbocycles. The first-order valence-corrected chi connectivity index (χ1v) is 7.23. The van der Waals surface area contributed by atoms with Crippen molar-refractivity contribution in [1.29, 1.82) is 0 Å². The molecule has 0 amide bonds. The van der Waals surface area contributed by atoms with Crippen LogP contribution in [0.15, 0.2) is 12.1 Å². The molecule has 0 bridgehead atoms. The summed E-state index contributed by atoms with van der Waals surface area (Å²) < 4.78 is 29.6. The lowest BCUT2D eigenvalue weighted by atomic mass is 10.2. The average Bonchev–Trinajstić information content (AvgIpc) is 2.08. The second-order valence-corrected chi connectivity index (χ2v) is 5.42. The zero-order valence-corrected chi connectivity index (χ0v) is 10.4. The summed E-state index contributed by atoms with van der Waals surface area (Å²) in [5, 5.41) is 0. The van der Waals surface area contributed by atoms with E-state index in [9.17, 15) is 9.13 Å². The summed E-state index contributed by atoms with van der Waals surface area (Å²) in [6.45, 7) is 0. The van der Waals surface area contributed by atoms with Crippen molar-refractivity contribution < 1.29 is 37.8 Å². The van der Waals surface area contributed by atoms with Crippen LogP contribution in [0.5, 0.6) is 11.5 Å². The lowest BCUT2D eigenvalue weighted by Gasteiger charge is -2.14. The Morgan fingerprint density at radius 2 is 1.11 bits per heavy atom. The number of hydrogen-bond donors (Lipinski definition) is 6. The van der Waals surface area contributed by atoms with Crippen LogP contribution in [-0.2, 0) is 9.13 Å². The molecule has 8 N–H and O–H groups in total. The summed E-state index contributed by atoms with van der Waals surface area (Å²) in [5.41, 5.74) is 10.1. The predicted octanol–water partition coefficient (Wildman–Crippen LogP) is -0.206. The third-order valence-electron chi connectivity index (χ3n) is 1.58. The van der Waals surface area contributed by atoms with Crippen LogP contribution in [0, 0.1) is 0 Å². The zero-order valence-electron chi connectivity index (χ0n) is 8.63. The minimum atomic E-state index is -4.82. The summed E-state index contributed by atoms with van der Waals surface area (Å²) in [5.74, 6) is -0.863. The van der Waals surface area contributed by atoms with Crippen LogP contribution in [0.3, 0.4) is 0 Å². The highest BCUT2D eigenvalue weighted by atomic mass is 31.2. The number of nitrogen functional groups attached to an aromatic ring is 2. The molecule has 1 aromatic carbocycles. The molecule has 10 nitrogen and oxygen atoms in total. The fourth-order valence-corrected chi connectivity index (χ4v) is 1.83. The molecule has 1 rings (SSSR count). The van der Waals surface area contributed by atoms with Crippen molar-refractivity contribution >= 4 is 27.0 Å². The molecule has 12 heteroatoms. The quantitative estimate of drug-likeness (QED) is 0.321. The van der Waals surface area contributed by atoms with Crippen LogP contribution in [0.2, 0.25) is 0 Å². The highest BCUT2D eigenvalue weighted by molar-refractivity contribution is 7.47. The van der Waals surface area contributed by atoms with E-state index in [-0.39, 0.29) is 11.4 Å². The Bertz CT molecular complexity index is 499. The molecule has 0 aliphatic heterocycles. The van der Waals surface area contributed by atoms with Gasteiger partial charge in [-0.2, -0.15) is 0 Å². The topological polar surface area (TPSA) is 186 Å². The average molecular weight is 300 g/mol. The molecule has 0 saturated heterocycles. The van der Waals surface area contributed by atoms with E-state index in [1.165, 1.54) is 0 Å². The van der Waals surface area contributed by atoms with Gasteiger partial charge in [0, 0.05) is 12.1 Å². The fourth-order valence-electron chi connectivity index (χ4n) is 1.01. The maximum absolute atomic E-state index is 10.6. The molecular formula is C6H10N2O8P2. The minimum absolute atomic E-state index is 0.309. The van der Waals surface area contributed by atoms with E-state index < -0.39 is 27.1 Å². The number of rotatable bonds is 4. The third kappa shape index (κ3) is 4.53. The van der Waals surface area contributed by atoms with Crippen LogP contribution in [0.4, 0.5) is 11.4 Å². The second-order valence-electron chi connectivity index (χ2n) is 3.09. The summed E-state index contributed by atoms with van der Waals surface area (Å²) in [6.07, 6.45) is 0. The summed E-state index contributed by atoms with van der Waals surface area (Å²) >= 11 is 0. The van der Waals surface area contributed by atoms with Gasteiger partial charge in [-0.3, -0.25) is 19.6 Å². The van der Waals surface area contributed by atoms with Gasteiger partial charge in [0.1, 0.15) is 0 Å². The van der Waals surface area contributed by atoms with Gasteiger partial charge < -0.3 is 20.5 Å². The summed E-state index contributed by atoms with van der Waals surface area (Å²) in [6, 6.07) is 1.75. The van der Waals surface area contributed by atoms with Crippen molar-refractivity contribution in [2.45, 2.75) is 0 Å². The molecule has 102 valence electrons. The molecular weight excluding hydrogens is 290 g/mol. The highest BCUT2D eigenvalue weighted by Gasteiger charge is 2.22. The summed E-state index contributed by atoms with van der Waals surface area (Å²) in [7, 11) is -9.64. The molecule has 0 aliphatic rings. The molecule has 0 heterocycles. The number of benzene rings is 1. The van der Waals surface area contributed by atoms with Gasteiger partial charge >= 0.3 is 15.6 Å². The van der Waals surface area contributed by atoms with Crippen LogP contribution in [-0.4, -0.2) is 19.6 Å². The van der Waals surface area contributed by atoms with Gasteiger partial charge in [0.2, 0.25) is 0 Å². The molecule has 18 heavy (non-hydrogen) atoms. The largest absolute Gasteiger partial charge is 0.524 e. The van der Waals surface area contributed by atoms with Gasteiger partial charge in [-0.1, -0.05) is 0 Å². The molecule has 0 fully saturated rings. The van der Waals surface area contributed by atoms with Crippen LogP contribution in [0.25, 0.3) is 0 Å². The molecule has 0 aliphatic carbocycles. The van der Waals surface area contributed by atoms with Gasteiger partial charge in [-0.05, 0) is 0 Å². The van der Waals surface area contributed by atoms with Gasteiger partial charge in [0.15, 0.2) is 11.5 Å². The van der Waals surface area contributed by atoms with Gasteiger partial charge in [0.05, 0.1) is 11.4 Å². The van der Waals surface area contributed by atoms with Crippen molar-refractivity contribution in [3.63, 3.8) is 0 Å². The molecule has 0 unspecified atom stereocenters. The van der Waals surface area contributed by atoms with Crippen molar-refractivity contribution in [2.24, 2.45) is 0 Å². The van der Waals surface area contributed by atoms with Crippen molar-refractivity contribution in [3.05, 3.63) is 12.1 Å². The SMILES string of the molecule is Nc1cc(OP(=O)(O)O)c(N)cc1OP(=O)(O)O. The number of phosphoric ester groups is 2. The monoisotopic (exact) mass is 300 g/mol. The van der Waals surface area contributed by atoms with Crippen LogP contribution < -0.4 is 20.5 Å². The Hall–Kier alpha value is -1.28. The Morgan fingerprint density at radius 3 is 1.33 bits per heavy atom. The van der Waals surface area contributed by atoms with Crippen molar-refractivity contribution in [2.75, 3.05) is 11.5 Å². The standard InChI is InChI=1S/C6H10N2O8P2/c7-3-1-5(15-17(9,10)11)4(8)2-6(3)16-18(12,13)14/h1-2H,7-8H2,(H2,9,10,11)(H2,12,13,14). The fraction of sp³-hybridized carbons (Fsp3) is 0. The lowest BCUT2D eigenvalue weighted by Crippen LogP contribution is -2.00. The Kier molecular flexibility index (Phi) is 3.92. The van der Waals surface area contributed by atoms with Crippen LogP contribution >= 0.6 is 15.6 Å². The minimum Gasteiger partial charge on any atom is -0.402 e. The lowest BCUT2D eigenvalue weighted by molar-refractivity contribution is 0.279. The first kappa shape index (κ1) is 14.8. The Labute approximate surface area is 101 Å². The second kappa shape index (κ2) is 4.77. The molecule has 0 radical (unpaired) electrons. The van der Waals surface area contributed by atoms with Gasteiger partial charge in [-0.25, -0.2) is 9.13 Å². The third-order valence-corrected chi connectivity index (χ3v) is 2.45. The normalized spacial score (nSPS) is 12.2. The molecule has 1 aromatic rings. The first-order valence-electron chi connectivity index (χ1n) is 4.17. The Balaban J connectivity index is 3.12. The zero-order chi connectivity index (χ0) is 14.1.